The SMILES string of the molecule is NC(=O)CCn1c(N)nc2cc3c(cc21)NCN3. The first kappa shape index (κ1) is 10.7. The van der Waals surface area contributed by atoms with Gasteiger partial charge in [-0.25, -0.2) is 4.98 Å². The van der Waals surface area contributed by atoms with E-state index in [1.807, 2.05) is 12.1 Å². The van der Waals surface area contributed by atoms with Crippen molar-refractivity contribution < 1.29 is 4.79 Å². The van der Waals surface area contributed by atoms with Gasteiger partial charge in [-0.15, -0.1) is 0 Å². The Balaban J connectivity index is 2.07. The minimum atomic E-state index is -0.350. The van der Waals surface area contributed by atoms with Gasteiger partial charge in [0.15, 0.2) is 0 Å². The number of rotatable bonds is 3. The Bertz CT molecular complexity index is 632. The molecule has 1 aliphatic heterocycles. The number of nitrogens with two attached hydrogens (primary N) is 2. The van der Waals surface area contributed by atoms with E-state index in [1.54, 1.807) is 4.57 Å². The normalized spacial score (nSPS) is 13.1. The lowest BCUT2D eigenvalue weighted by Gasteiger charge is -2.05. The molecule has 1 aromatic heterocycles. The number of hydrogen-bond donors (Lipinski definition) is 4. The van der Waals surface area contributed by atoms with E-state index < -0.39 is 0 Å². The zero-order chi connectivity index (χ0) is 12.7. The highest BCUT2D eigenvalue weighted by Crippen LogP contribution is 2.32. The van der Waals surface area contributed by atoms with Gasteiger partial charge in [0.1, 0.15) is 0 Å². The molecule has 0 aliphatic carbocycles. The fourth-order valence-electron chi connectivity index (χ4n) is 2.17. The molecule has 1 aliphatic rings. The Morgan fingerprint density at radius 3 is 2.83 bits per heavy atom. The van der Waals surface area contributed by atoms with Gasteiger partial charge in [0, 0.05) is 13.0 Å². The van der Waals surface area contributed by atoms with Crippen LogP contribution in [0.2, 0.25) is 0 Å². The van der Waals surface area contributed by atoms with E-state index in [2.05, 4.69) is 15.6 Å². The number of anilines is 3. The summed E-state index contributed by atoms with van der Waals surface area (Å²) < 4.78 is 1.81. The number of benzene rings is 1. The number of primary amides is 1. The summed E-state index contributed by atoms with van der Waals surface area (Å²) in [6, 6.07) is 3.93. The van der Waals surface area contributed by atoms with Gasteiger partial charge in [0.2, 0.25) is 11.9 Å². The van der Waals surface area contributed by atoms with E-state index in [0.29, 0.717) is 19.2 Å². The van der Waals surface area contributed by atoms with Gasteiger partial charge in [-0.05, 0) is 12.1 Å². The predicted molar refractivity (Wildman–Crippen MR) is 70.1 cm³/mol. The molecule has 0 bridgehead atoms. The van der Waals surface area contributed by atoms with Gasteiger partial charge in [0.25, 0.3) is 0 Å². The molecular formula is C11H14N6O. The zero-order valence-corrected chi connectivity index (χ0v) is 9.73. The number of carbonyl (C=O) groups is 1. The maximum absolute atomic E-state index is 10.9. The summed E-state index contributed by atoms with van der Waals surface area (Å²) in [6.45, 7) is 1.16. The number of nitrogen functional groups attached to an aromatic ring is 1. The smallest absolute Gasteiger partial charge is 0.219 e. The van der Waals surface area contributed by atoms with Crippen LogP contribution in [0, 0.1) is 0 Å². The lowest BCUT2D eigenvalue weighted by Crippen LogP contribution is -2.14. The second-order valence-corrected chi connectivity index (χ2v) is 4.25. The standard InChI is InChI=1S/C11H14N6O/c12-10(18)1-2-17-9-4-7-6(14-5-15-7)3-8(9)16-11(17)13/h3-4,14-15H,1-2,5H2,(H2,12,18)(H2,13,16). The maximum atomic E-state index is 10.9. The first-order valence-corrected chi connectivity index (χ1v) is 5.71. The Hall–Kier alpha value is -2.44. The molecule has 2 aromatic rings. The van der Waals surface area contributed by atoms with Gasteiger partial charge in [-0.3, -0.25) is 4.79 Å². The van der Waals surface area contributed by atoms with Gasteiger partial charge in [0.05, 0.1) is 29.1 Å². The highest BCUT2D eigenvalue weighted by molar-refractivity contribution is 5.91. The lowest BCUT2D eigenvalue weighted by atomic mass is 10.2. The molecular weight excluding hydrogens is 232 g/mol. The van der Waals surface area contributed by atoms with Crippen molar-refractivity contribution in [1.82, 2.24) is 9.55 Å². The van der Waals surface area contributed by atoms with Crippen LogP contribution in [0.4, 0.5) is 17.3 Å². The van der Waals surface area contributed by atoms with E-state index in [4.69, 9.17) is 11.5 Å². The van der Waals surface area contributed by atoms with Crippen LogP contribution in [-0.2, 0) is 11.3 Å². The van der Waals surface area contributed by atoms with Crippen LogP contribution in [0.5, 0.6) is 0 Å². The minimum absolute atomic E-state index is 0.248. The summed E-state index contributed by atoms with van der Waals surface area (Å²) in [5, 5.41) is 6.40. The summed E-state index contributed by atoms with van der Waals surface area (Å²) in [5.74, 6) is 0.0483. The number of aryl methyl sites for hydroxylation is 1. The van der Waals surface area contributed by atoms with Crippen LogP contribution >= 0.6 is 0 Å². The van der Waals surface area contributed by atoms with Gasteiger partial charge in [-0.2, -0.15) is 0 Å². The molecule has 6 N–H and O–H groups in total. The number of aromatic nitrogens is 2. The Kier molecular flexibility index (Phi) is 2.26. The molecule has 3 rings (SSSR count). The Morgan fingerprint density at radius 2 is 2.11 bits per heavy atom. The number of nitrogens with one attached hydrogen (secondary N) is 2. The average Bonchev–Trinajstić information content (AvgIpc) is 2.86. The van der Waals surface area contributed by atoms with Crippen LogP contribution in [0.1, 0.15) is 6.42 Å². The number of hydrogen-bond acceptors (Lipinski definition) is 5. The molecule has 0 saturated heterocycles. The molecule has 0 unspecified atom stereocenters. The summed E-state index contributed by atoms with van der Waals surface area (Å²) in [6.07, 6.45) is 0.248. The molecule has 0 fully saturated rings. The second-order valence-electron chi connectivity index (χ2n) is 4.25. The third-order valence-electron chi connectivity index (χ3n) is 3.06. The maximum Gasteiger partial charge on any atom is 0.219 e. The molecule has 1 amide bonds. The molecule has 7 heteroatoms. The quantitative estimate of drug-likeness (QED) is 0.622. The van der Waals surface area contributed by atoms with Gasteiger partial charge in [-0.1, -0.05) is 0 Å². The van der Waals surface area contributed by atoms with Crippen molar-refractivity contribution in [2.24, 2.45) is 5.73 Å². The van der Waals surface area contributed by atoms with E-state index in [-0.39, 0.29) is 12.3 Å². The molecule has 0 saturated carbocycles. The van der Waals surface area contributed by atoms with Crippen molar-refractivity contribution in [2.75, 3.05) is 23.0 Å². The van der Waals surface area contributed by atoms with Crippen LogP contribution in [0.25, 0.3) is 11.0 Å². The lowest BCUT2D eigenvalue weighted by molar-refractivity contribution is -0.118. The monoisotopic (exact) mass is 246 g/mol. The first-order valence-electron chi connectivity index (χ1n) is 5.71. The minimum Gasteiger partial charge on any atom is -0.370 e. The topological polar surface area (TPSA) is 111 Å². The molecule has 0 spiro atoms. The van der Waals surface area contributed by atoms with E-state index in [0.717, 1.165) is 22.4 Å². The molecule has 94 valence electrons. The summed E-state index contributed by atoms with van der Waals surface area (Å²) in [5.41, 5.74) is 14.8. The average molecular weight is 246 g/mol. The number of carbonyl (C=O) groups excluding carboxylic acids is 1. The Morgan fingerprint density at radius 1 is 1.39 bits per heavy atom. The molecule has 18 heavy (non-hydrogen) atoms. The van der Waals surface area contributed by atoms with Crippen LogP contribution in [0.15, 0.2) is 12.1 Å². The number of nitrogens with zero attached hydrogens (tertiary/aromatic N) is 2. The van der Waals surface area contributed by atoms with Crippen molar-refractivity contribution in [3.63, 3.8) is 0 Å². The Labute approximate surface area is 103 Å². The van der Waals surface area contributed by atoms with E-state index in [9.17, 15) is 4.79 Å². The van der Waals surface area contributed by atoms with Crippen molar-refractivity contribution in [3.8, 4) is 0 Å². The zero-order valence-electron chi connectivity index (χ0n) is 9.73. The third-order valence-corrected chi connectivity index (χ3v) is 3.06. The van der Waals surface area contributed by atoms with Crippen molar-refractivity contribution in [2.45, 2.75) is 13.0 Å². The number of fused-ring (bicyclic) bond motifs is 2. The molecule has 7 nitrogen and oxygen atoms in total. The molecule has 2 heterocycles. The molecule has 0 radical (unpaired) electrons. The van der Waals surface area contributed by atoms with Gasteiger partial charge >= 0.3 is 0 Å². The predicted octanol–water partition coefficient (Wildman–Crippen LogP) is 0.289. The molecule has 1 aromatic carbocycles. The van der Waals surface area contributed by atoms with Crippen LogP contribution in [-0.4, -0.2) is 22.1 Å². The highest BCUT2D eigenvalue weighted by atomic mass is 16.1. The van der Waals surface area contributed by atoms with Crippen LogP contribution in [0.3, 0.4) is 0 Å². The number of imidazole rings is 1. The van der Waals surface area contributed by atoms with Crippen molar-refractivity contribution in [1.29, 1.82) is 0 Å². The fraction of sp³-hybridized carbons (Fsp3) is 0.273. The largest absolute Gasteiger partial charge is 0.370 e. The number of amides is 1. The summed E-state index contributed by atoms with van der Waals surface area (Å²) >= 11 is 0. The van der Waals surface area contributed by atoms with Crippen LogP contribution < -0.4 is 22.1 Å². The van der Waals surface area contributed by atoms with E-state index >= 15 is 0 Å². The summed E-state index contributed by atoms with van der Waals surface area (Å²) in [7, 11) is 0. The summed E-state index contributed by atoms with van der Waals surface area (Å²) in [4.78, 5) is 15.1. The van der Waals surface area contributed by atoms with E-state index in [1.165, 1.54) is 0 Å². The fourth-order valence-corrected chi connectivity index (χ4v) is 2.17. The third kappa shape index (κ3) is 1.60. The molecule has 0 atom stereocenters. The first-order chi connectivity index (χ1) is 8.65. The second kappa shape index (κ2) is 3.80. The van der Waals surface area contributed by atoms with Gasteiger partial charge < -0.3 is 26.7 Å². The van der Waals surface area contributed by atoms with Crippen molar-refractivity contribution >= 4 is 34.3 Å². The van der Waals surface area contributed by atoms with Crippen molar-refractivity contribution in [3.05, 3.63) is 12.1 Å². The highest BCUT2D eigenvalue weighted by Gasteiger charge is 2.15.